The molecule has 0 heteroatoms. The highest BCUT2D eigenvalue weighted by molar-refractivity contribution is 5.24. The van der Waals surface area contributed by atoms with Crippen molar-refractivity contribution in [2.45, 2.75) is 27.2 Å². The summed E-state index contributed by atoms with van der Waals surface area (Å²) >= 11 is 0. The molecule has 0 N–H and O–H groups in total. The molecule has 0 aromatic carbocycles. The minimum absolute atomic E-state index is 0.327. The van der Waals surface area contributed by atoms with E-state index < -0.39 is 0 Å². The second kappa shape index (κ2) is 4.68. The summed E-state index contributed by atoms with van der Waals surface area (Å²) in [7, 11) is 0. The van der Waals surface area contributed by atoms with Crippen molar-refractivity contribution in [2.75, 3.05) is 0 Å². The first-order valence-corrected chi connectivity index (χ1v) is 4.15. The molecule has 1 unspecified atom stereocenters. The van der Waals surface area contributed by atoms with Gasteiger partial charge in [0, 0.05) is 5.92 Å². The third kappa shape index (κ3) is 3.89. The molecule has 0 radical (unpaired) electrons. The van der Waals surface area contributed by atoms with Crippen molar-refractivity contribution in [3.05, 3.63) is 12.7 Å². The molecule has 1 atom stereocenters. The molecule has 0 bridgehead atoms. The first kappa shape index (κ1) is 10.9. The highest BCUT2D eigenvalue weighted by Crippen LogP contribution is 2.19. The normalized spacial score (nSPS) is 13.9. The van der Waals surface area contributed by atoms with Crippen LogP contribution in [0.5, 0.6) is 0 Å². The van der Waals surface area contributed by atoms with Crippen molar-refractivity contribution >= 4 is 0 Å². The molecule has 0 heterocycles. The van der Waals surface area contributed by atoms with Crippen LogP contribution < -0.4 is 0 Å². The van der Waals surface area contributed by atoms with E-state index in [0.717, 1.165) is 6.42 Å². The maximum atomic E-state index is 5.38. The maximum Gasteiger partial charge on any atom is 0.0922 e. The number of hydrogen-bond donors (Lipinski definition) is 0. The fourth-order valence-electron chi connectivity index (χ4n) is 0.738. The Morgan fingerprint density at radius 1 is 1.58 bits per heavy atom. The summed E-state index contributed by atoms with van der Waals surface area (Å²) in [6.45, 7) is 9.73. The van der Waals surface area contributed by atoms with Crippen LogP contribution >= 0.6 is 0 Å². The lowest BCUT2D eigenvalue weighted by molar-refractivity contribution is 0.613. The molecule has 0 aliphatic rings. The van der Waals surface area contributed by atoms with Gasteiger partial charge in [0.2, 0.25) is 0 Å². The average Bonchev–Trinajstić information content (AvgIpc) is 2.02. The largest absolute Gasteiger partial charge is 0.118 e. The summed E-state index contributed by atoms with van der Waals surface area (Å²) in [5.41, 5.74) is -0.327. The first-order chi connectivity index (χ1) is 5.54. The van der Waals surface area contributed by atoms with Gasteiger partial charge in [-0.2, -0.15) is 0 Å². The van der Waals surface area contributed by atoms with Crippen molar-refractivity contribution in [1.82, 2.24) is 0 Å². The molecule has 12 heavy (non-hydrogen) atoms. The minimum atomic E-state index is -0.327. The minimum Gasteiger partial charge on any atom is -0.118 e. The van der Waals surface area contributed by atoms with E-state index in [-0.39, 0.29) is 5.41 Å². The fourth-order valence-corrected chi connectivity index (χ4v) is 0.738. The van der Waals surface area contributed by atoms with E-state index in [1.807, 2.05) is 13.0 Å². The number of terminal acetylenes is 1. The molecule has 64 valence electrons. The fraction of sp³-hybridized carbons (Fsp3) is 0.500. The summed E-state index contributed by atoms with van der Waals surface area (Å²) in [4.78, 5) is 0. The van der Waals surface area contributed by atoms with Crippen LogP contribution in [0.2, 0.25) is 0 Å². The first-order valence-electron chi connectivity index (χ1n) is 4.15. The van der Waals surface area contributed by atoms with E-state index >= 15 is 0 Å². The molecule has 0 rings (SSSR count). The molecule has 0 aliphatic carbocycles. The highest BCUT2D eigenvalue weighted by atomic mass is 14.1. The van der Waals surface area contributed by atoms with E-state index in [1.165, 1.54) is 0 Å². The average molecular weight is 160 g/mol. The summed E-state index contributed by atoms with van der Waals surface area (Å²) in [6, 6.07) is 0. The molecule has 0 amide bonds. The summed E-state index contributed by atoms with van der Waals surface area (Å²) in [5.74, 6) is 9.24. The molecular formula is C12H16. The zero-order valence-electron chi connectivity index (χ0n) is 8.15. The summed E-state index contributed by atoms with van der Waals surface area (Å²) in [5, 5.41) is 0. The lowest BCUT2D eigenvalue weighted by Crippen LogP contribution is -2.09. The van der Waals surface area contributed by atoms with Crippen molar-refractivity contribution in [1.29, 1.82) is 0 Å². The molecule has 0 fully saturated rings. The van der Waals surface area contributed by atoms with Gasteiger partial charge in [0.15, 0.2) is 0 Å². The van der Waals surface area contributed by atoms with E-state index in [2.05, 4.69) is 38.2 Å². The van der Waals surface area contributed by atoms with Crippen molar-refractivity contribution in [3.8, 4) is 24.2 Å². The Balaban J connectivity index is 4.49. The van der Waals surface area contributed by atoms with Gasteiger partial charge in [-0.1, -0.05) is 37.7 Å². The van der Waals surface area contributed by atoms with Gasteiger partial charge in [-0.3, -0.25) is 0 Å². The monoisotopic (exact) mass is 160 g/mol. The second-order valence-corrected chi connectivity index (χ2v) is 3.39. The van der Waals surface area contributed by atoms with Crippen LogP contribution in [0, 0.1) is 35.5 Å². The molecule has 0 aromatic rings. The second-order valence-electron chi connectivity index (χ2n) is 3.39. The molecule has 0 aliphatic heterocycles. The number of allylic oxidation sites excluding steroid dienone is 1. The van der Waals surface area contributed by atoms with E-state index in [4.69, 9.17) is 6.42 Å². The molecular weight excluding hydrogens is 144 g/mol. The van der Waals surface area contributed by atoms with Crippen LogP contribution in [0.25, 0.3) is 0 Å². The van der Waals surface area contributed by atoms with Crippen LogP contribution in [0.15, 0.2) is 12.7 Å². The van der Waals surface area contributed by atoms with Gasteiger partial charge in [-0.25, -0.2) is 0 Å². The van der Waals surface area contributed by atoms with Gasteiger partial charge < -0.3 is 0 Å². The van der Waals surface area contributed by atoms with Crippen LogP contribution in [0.3, 0.4) is 0 Å². The van der Waals surface area contributed by atoms with Gasteiger partial charge in [0.25, 0.3) is 0 Å². The van der Waals surface area contributed by atoms with Crippen LogP contribution in [-0.2, 0) is 0 Å². The van der Waals surface area contributed by atoms with Gasteiger partial charge >= 0.3 is 0 Å². The third-order valence-electron chi connectivity index (χ3n) is 1.51. The smallest absolute Gasteiger partial charge is 0.0922 e. The van der Waals surface area contributed by atoms with Gasteiger partial charge in [-0.05, 0) is 13.3 Å². The van der Waals surface area contributed by atoms with Gasteiger partial charge in [0.1, 0.15) is 0 Å². The SMILES string of the molecule is C#CC(C)(C#CC(C)C)CC=C. The Hall–Kier alpha value is -1.14. The van der Waals surface area contributed by atoms with E-state index in [9.17, 15) is 0 Å². The molecule has 0 spiro atoms. The summed E-state index contributed by atoms with van der Waals surface area (Å²) < 4.78 is 0. The molecule has 0 saturated heterocycles. The van der Waals surface area contributed by atoms with Crippen LogP contribution in [0.4, 0.5) is 0 Å². The zero-order chi connectivity index (χ0) is 9.61. The van der Waals surface area contributed by atoms with Crippen LogP contribution in [-0.4, -0.2) is 0 Å². The summed E-state index contributed by atoms with van der Waals surface area (Å²) in [6.07, 6.45) is 7.95. The Kier molecular flexibility index (Phi) is 4.24. The number of hydrogen-bond acceptors (Lipinski definition) is 0. The standard InChI is InChI=1S/C12H16/c1-6-9-12(5,7-2)10-8-11(3)4/h2,6,11H,1,9H2,3-5H3. The third-order valence-corrected chi connectivity index (χ3v) is 1.51. The number of rotatable bonds is 2. The van der Waals surface area contributed by atoms with Crippen LogP contribution in [0.1, 0.15) is 27.2 Å². The Labute approximate surface area is 76.1 Å². The van der Waals surface area contributed by atoms with Crippen molar-refractivity contribution in [3.63, 3.8) is 0 Å². The van der Waals surface area contributed by atoms with Crippen molar-refractivity contribution < 1.29 is 0 Å². The van der Waals surface area contributed by atoms with E-state index in [0.29, 0.717) is 5.92 Å². The van der Waals surface area contributed by atoms with Crippen molar-refractivity contribution in [2.24, 2.45) is 11.3 Å². The highest BCUT2D eigenvalue weighted by Gasteiger charge is 2.15. The molecule has 0 aromatic heterocycles. The van der Waals surface area contributed by atoms with E-state index in [1.54, 1.807) is 0 Å². The Morgan fingerprint density at radius 2 is 2.17 bits per heavy atom. The van der Waals surface area contributed by atoms with Gasteiger partial charge in [-0.15, -0.1) is 13.0 Å². The molecule has 0 nitrogen and oxygen atoms in total. The Bertz CT molecular complexity index is 241. The lowest BCUT2D eigenvalue weighted by Gasteiger charge is -2.13. The lowest BCUT2D eigenvalue weighted by atomic mass is 9.88. The predicted octanol–water partition coefficient (Wildman–Crippen LogP) is 2.86. The topological polar surface area (TPSA) is 0 Å². The van der Waals surface area contributed by atoms with Gasteiger partial charge in [0.05, 0.1) is 5.41 Å². The predicted molar refractivity (Wildman–Crippen MR) is 54.4 cm³/mol. The Morgan fingerprint density at radius 3 is 2.50 bits per heavy atom. The zero-order valence-corrected chi connectivity index (χ0v) is 8.15. The molecule has 0 saturated carbocycles. The maximum absolute atomic E-state index is 5.38. The quantitative estimate of drug-likeness (QED) is 0.430.